The van der Waals surface area contributed by atoms with Crippen LogP contribution in [0.3, 0.4) is 0 Å². The molecule has 0 bridgehead atoms. The van der Waals surface area contributed by atoms with Gasteiger partial charge in [-0.1, -0.05) is 6.07 Å². The Bertz CT molecular complexity index is 649. The number of oxazole rings is 1. The molecule has 7 heteroatoms. The second kappa shape index (κ2) is 7.22. The minimum atomic E-state index is -0.356. The molecule has 2 aromatic heterocycles. The van der Waals surface area contributed by atoms with E-state index in [2.05, 4.69) is 15.0 Å². The van der Waals surface area contributed by atoms with Crippen LogP contribution < -0.4 is 5.32 Å². The number of aryl methyl sites for hydroxylation is 1. The Morgan fingerprint density at radius 2 is 2.27 bits per heavy atom. The molecule has 0 fully saturated rings. The smallest absolute Gasteiger partial charge is 0.307 e. The number of thiophene rings is 1. The molecule has 2 aromatic rings. The minimum absolute atomic E-state index is 0.117. The molecule has 1 amide bonds. The van der Waals surface area contributed by atoms with Crippen molar-refractivity contribution in [3.8, 4) is 10.8 Å². The minimum Gasteiger partial charge on any atom is -0.469 e. The van der Waals surface area contributed by atoms with Gasteiger partial charge in [0.2, 0.25) is 11.8 Å². The zero-order valence-corrected chi connectivity index (χ0v) is 13.5. The van der Waals surface area contributed by atoms with E-state index in [1.165, 1.54) is 18.4 Å². The lowest BCUT2D eigenvalue weighted by atomic mass is 10.2. The highest BCUT2D eigenvalue weighted by Crippen LogP contribution is 2.26. The third-order valence-electron chi connectivity index (χ3n) is 3.06. The summed E-state index contributed by atoms with van der Waals surface area (Å²) in [7, 11) is 1.32. The zero-order valence-electron chi connectivity index (χ0n) is 12.7. The maximum absolute atomic E-state index is 12.0. The zero-order chi connectivity index (χ0) is 16.1. The number of carbonyl (C=O) groups is 2. The number of carbonyl (C=O) groups excluding carboxylic acids is 2. The van der Waals surface area contributed by atoms with Crippen LogP contribution in [0, 0.1) is 6.92 Å². The van der Waals surface area contributed by atoms with Gasteiger partial charge in [0.15, 0.2) is 0 Å². The molecule has 0 aromatic carbocycles. The van der Waals surface area contributed by atoms with Crippen molar-refractivity contribution in [3.63, 3.8) is 0 Å². The van der Waals surface area contributed by atoms with Crippen molar-refractivity contribution in [2.45, 2.75) is 32.7 Å². The first-order valence-corrected chi connectivity index (χ1v) is 7.74. The molecule has 1 atom stereocenters. The van der Waals surface area contributed by atoms with Gasteiger partial charge in [0.25, 0.3) is 0 Å². The van der Waals surface area contributed by atoms with Gasteiger partial charge in [0.1, 0.15) is 5.76 Å². The van der Waals surface area contributed by atoms with E-state index in [4.69, 9.17) is 4.42 Å². The van der Waals surface area contributed by atoms with Gasteiger partial charge in [-0.3, -0.25) is 9.59 Å². The Morgan fingerprint density at radius 1 is 1.50 bits per heavy atom. The molecular weight excluding hydrogens is 304 g/mol. The van der Waals surface area contributed by atoms with E-state index in [1.807, 2.05) is 17.5 Å². The molecule has 0 saturated carbocycles. The summed E-state index contributed by atoms with van der Waals surface area (Å²) in [4.78, 5) is 28.4. The van der Waals surface area contributed by atoms with Crippen LogP contribution in [0.4, 0.5) is 0 Å². The maximum atomic E-state index is 12.0. The van der Waals surface area contributed by atoms with Gasteiger partial charge in [-0.25, -0.2) is 4.98 Å². The third kappa shape index (κ3) is 4.17. The number of nitrogens with one attached hydrogen (secondary N) is 1. The van der Waals surface area contributed by atoms with Gasteiger partial charge in [-0.05, 0) is 25.3 Å². The van der Waals surface area contributed by atoms with Crippen molar-refractivity contribution in [3.05, 3.63) is 29.0 Å². The van der Waals surface area contributed by atoms with Crippen molar-refractivity contribution in [1.82, 2.24) is 10.3 Å². The Labute approximate surface area is 132 Å². The monoisotopic (exact) mass is 322 g/mol. The molecule has 1 unspecified atom stereocenters. The Hall–Kier alpha value is -2.15. The van der Waals surface area contributed by atoms with Crippen LogP contribution in [0.25, 0.3) is 10.8 Å². The van der Waals surface area contributed by atoms with Crippen molar-refractivity contribution in [1.29, 1.82) is 0 Å². The fourth-order valence-corrected chi connectivity index (χ4v) is 2.61. The molecule has 0 saturated heterocycles. The Kier molecular flexibility index (Phi) is 5.32. The van der Waals surface area contributed by atoms with Gasteiger partial charge in [0, 0.05) is 6.04 Å². The van der Waals surface area contributed by atoms with Crippen LogP contribution in [0.2, 0.25) is 0 Å². The van der Waals surface area contributed by atoms with E-state index >= 15 is 0 Å². The molecule has 2 rings (SSSR count). The number of aromatic nitrogens is 1. The summed E-state index contributed by atoms with van der Waals surface area (Å²) in [6, 6.07) is 3.54. The lowest BCUT2D eigenvalue weighted by molar-refractivity contribution is -0.141. The number of esters is 1. The first-order valence-electron chi connectivity index (χ1n) is 6.86. The van der Waals surface area contributed by atoms with E-state index in [0.29, 0.717) is 17.3 Å². The molecule has 1 N–H and O–H groups in total. The van der Waals surface area contributed by atoms with Gasteiger partial charge in [-0.2, -0.15) is 0 Å². The second-order valence-electron chi connectivity index (χ2n) is 4.92. The number of ether oxygens (including phenoxy) is 1. The van der Waals surface area contributed by atoms with E-state index in [-0.39, 0.29) is 30.8 Å². The number of hydrogen-bond donors (Lipinski definition) is 1. The van der Waals surface area contributed by atoms with Gasteiger partial charge >= 0.3 is 5.97 Å². The lowest BCUT2D eigenvalue weighted by Gasteiger charge is -2.11. The molecular formula is C15H18N2O4S. The molecule has 0 aliphatic rings. The standard InChI is InChI=1S/C15H18N2O4S/c1-9(7-14(19)20-3)16-13(18)8-11-10(2)21-15(17-11)12-5-4-6-22-12/h4-6,9H,7-8H2,1-3H3,(H,16,18). The summed E-state index contributed by atoms with van der Waals surface area (Å²) in [5, 5.41) is 4.69. The van der Waals surface area contributed by atoms with Crippen LogP contribution in [-0.2, 0) is 20.7 Å². The average molecular weight is 322 g/mol. The number of amides is 1. The summed E-state index contributed by atoms with van der Waals surface area (Å²) in [5.41, 5.74) is 0.603. The molecule has 0 aliphatic carbocycles. The molecule has 0 aliphatic heterocycles. The summed E-state index contributed by atoms with van der Waals surface area (Å²) >= 11 is 1.53. The Balaban J connectivity index is 1.96. The van der Waals surface area contributed by atoms with Crippen molar-refractivity contribution in [2.75, 3.05) is 7.11 Å². The second-order valence-corrected chi connectivity index (χ2v) is 5.87. The van der Waals surface area contributed by atoms with E-state index in [0.717, 1.165) is 4.88 Å². The molecule has 0 spiro atoms. The molecule has 118 valence electrons. The van der Waals surface area contributed by atoms with Gasteiger partial charge in [-0.15, -0.1) is 11.3 Å². The van der Waals surface area contributed by atoms with Crippen LogP contribution in [-0.4, -0.2) is 30.0 Å². The van der Waals surface area contributed by atoms with Crippen molar-refractivity contribution >= 4 is 23.2 Å². The van der Waals surface area contributed by atoms with Crippen molar-refractivity contribution in [2.24, 2.45) is 0 Å². The average Bonchev–Trinajstić information content (AvgIpc) is 3.09. The lowest BCUT2D eigenvalue weighted by Crippen LogP contribution is -2.35. The van der Waals surface area contributed by atoms with Crippen LogP contribution >= 0.6 is 11.3 Å². The van der Waals surface area contributed by atoms with E-state index in [9.17, 15) is 9.59 Å². The predicted molar refractivity (Wildman–Crippen MR) is 82.5 cm³/mol. The van der Waals surface area contributed by atoms with Crippen molar-refractivity contribution < 1.29 is 18.7 Å². The summed E-state index contributed by atoms with van der Waals surface area (Å²) in [6.45, 7) is 3.53. The number of rotatable bonds is 6. The molecule has 0 radical (unpaired) electrons. The fourth-order valence-electron chi connectivity index (χ4n) is 1.96. The van der Waals surface area contributed by atoms with E-state index < -0.39 is 0 Å². The molecule has 22 heavy (non-hydrogen) atoms. The summed E-state index contributed by atoms with van der Waals surface area (Å²) in [5.74, 6) is 0.591. The first kappa shape index (κ1) is 16.2. The largest absolute Gasteiger partial charge is 0.469 e. The molecule has 2 heterocycles. The number of hydrogen-bond acceptors (Lipinski definition) is 6. The summed E-state index contributed by atoms with van der Waals surface area (Å²) in [6.07, 6.45) is 0.257. The van der Waals surface area contributed by atoms with Crippen LogP contribution in [0.1, 0.15) is 24.8 Å². The Morgan fingerprint density at radius 3 is 2.91 bits per heavy atom. The highest BCUT2D eigenvalue weighted by molar-refractivity contribution is 7.13. The fraction of sp³-hybridized carbons (Fsp3) is 0.400. The molecule has 6 nitrogen and oxygen atoms in total. The van der Waals surface area contributed by atoms with E-state index in [1.54, 1.807) is 13.8 Å². The summed E-state index contributed by atoms with van der Waals surface area (Å²) < 4.78 is 10.2. The number of nitrogens with zero attached hydrogens (tertiary/aromatic N) is 1. The highest BCUT2D eigenvalue weighted by Gasteiger charge is 2.17. The van der Waals surface area contributed by atoms with Crippen LogP contribution in [0.5, 0.6) is 0 Å². The predicted octanol–water partition coefficient (Wildman–Crippen LogP) is 2.32. The van der Waals surface area contributed by atoms with Gasteiger partial charge < -0.3 is 14.5 Å². The highest BCUT2D eigenvalue weighted by atomic mass is 32.1. The first-order chi connectivity index (χ1) is 10.5. The SMILES string of the molecule is COC(=O)CC(C)NC(=O)Cc1nc(-c2cccs2)oc1C. The number of methoxy groups -OCH3 is 1. The van der Waals surface area contributed by atoms with Crippen LogP contribution in [0.15, 0.2) is 21.9 Å². The topological polar surface area (TPSA) is 81.4 Å². The van der Waals surface area contributed by atoms with Gasteiger partial charge in [0.05, 0.1) is 30.5 Å². The third-order valence-corrected chi connectivity index (χ3v) is 3.92. The quantitative estimate of drug-likeness (QED) is 0.825. The maximum Gasteiger partial charge on any atom is 0.307 e. The normalized spacial score (nSPS) is 12.0.